The fourth-order valence-corrected chi connectivity index (χ4v) is 0. The van der Waals surface area contributed by atoms with E-state index in [-0.39, 0.29) is 0 Å². The molecule has 0 aliphatic heterocycles. The van der Waals surface area contributed by atoms with Crippen LogP contribution in [0.25, 0.3) is 0 Å². The van der Waals surface area contributed by atoms with Crippen LogP contribution in [0, 0.1) is 0 Å². The number of alkyl halides is 1. The summed E-state index contributed by atoms with van der Waals surface area (Å²) in [6.07, 6.45) is 0. The first kappa shape index (κ1) is 11.7. The molecular weight excluding hydrogens is 183 g/mol. The van der Waals surface area contributed by atoms with E-state index in [1.807, 2.05) is 0 Å². The molecule has 0 radical (unpaired) electrons. The SMILES string of the molecule is CC(=O)O.C[CH]([Na])Br. The number of rotatable bonds is 0. The normalized spacial score (nSPS) is 11.1. The van der Waals surface area contributed by atoms with E-state index in [0.29, 0.717) is 0 Å². The zero-order valence-electron chi connectivity index (χ0n) is 5.31. The van der Waals surface area contributed by atoms with Crippen LogP contribution < -0.4 is 0 Å². The summed E-state index contributed by atoms with van der Waals surface area (Å²) >= 11 is 4.60. The Morgan fingerprint density at radius 1 is 1.88 bits per heavy atom. The average Bonchev–Trinajstić information content (AvgIpc) is 1.25. The molecule has 0 bridgehead atoms. The number of hydrogen-bond acceptors (Lipinski definition) is 1. The summed E-state index contributed by atoms with van der Waals surface area (Å²) in [6.45, 7) is 3.23. The van der Waals surface area contributed by atoms with Crippen LogP contribution in [0.1, 0.15) is 13.8 Å². The molecule has 0 saturated heterocycles. The Labute approximate surface area is 75.2 Å². The van der Waals surface area contributed by atoms with E-state index < -0.39 is 5.97 Å². The number of carboxylic acid groups (broad SMARTS) is 1. The Balaban J connectivity index is 0. The Morgan fingerprint density at radius 2 is 1.88 bits per heavy atom. The average molecular weight is 191 g/mol. The van der Waals surface area contributed by atoms with Crippen LogP contribution in [-0.4, -0.2) is 41.1 Å². The Bertz CT molecular complexity index is 58.3. The van der Waals surface area contributed by atoms with Crippen molar-refractivity contribution in [2.75, 3.05) is 0 Å². The zero-order chi connectivity index (χ0) is 7.15. The molecule has 0 rings (SSSR count). The summed E-state index contributed by atoms with van der Waals surface area (Å²) in [5, 5.41) is 7.42. The number of carbonyl (C=O) groups is 1. The van der Waals surface area contributed by atoms with Gasteiger partial charge in [-0.05, 0) is 0 Å². The summed E-state index contributed by atoms with van der Waals surface area (Å²) in [5.74, 6) is -0.833. The molecular formula is C4H8BrNaO2. The monoisotopic (exact) mass is 190 g/mol. The van der Waals surface area contributed by atoms with Gasteiger partial charge in [0.25, 0.3) is 5.97 Å². The molecule has 44 valence electrons. The molecule has 0 fully saturated rings. The van der Waals surface area contributed by atoms with Crippen molar-refractivity contribution >= 4 is 49.8 Å². The van der Waals surface area contributed by atoms with Gasteiger partial charge in [0.05, 0.1) is 0 Å². The van der Waals surface area contributed by atoms with E-state index in [0.717, 1.165) is 9.00 Å². The van der Waals surface area contributed by atoms with Gasteiger partial charge in [0.1, 0.15) is 0 Å². The standard InChI is InChI=1S/C2H4Br.C2H4O2.Na/c1-2-3;1-2(3)4;/h2H,1H3;1H3,(H,3,4);. The fourth-order valence-electron chi connectivity index (χ4n) is 0. The van der Waals surface area contributed by atoms with Gasteiger partial charge in [-0.2, -0.15) is 0 Å². The molecule has 0 aromatic heterocycles. The van der Waals surface area contributed by atoms with Gasteiger partial charge in [-0.15, -0.1) is 0 Å². The van der Waals surface area contributed by atoms with Crippen LogP contribution in [0.5, 0.6) is 0 Å². The predicted molar refractivity (Wildman–Crippen MR) is 37.5 cm³/mol. The zero-order valence-corrected chi connectivity index (χ0v) is 8.90. The minimum absolute atomic E-state index is 0.785. The van der Waals surface area contributed by atoms with E-state index in [2.05, 4.69) is 22.9 Å². The summed E-state index contributed by atoms with van der Waals surface area (Å²) in [7, 11) is 0. The summed E-state index contributed by atoms with van der Waals surface area (Å²) in [4.78, 5) is 9.00. The molecule has 0 amide bonds. The van der Waals surface area contributed by atoms with Crippen LogP contribution in [-0.2, 0) is 4.79 Å². The topological polar surface area (TPSA) is 37.3 Å². The third-order valence-electron chi connectivity index (χ3n) is 0. The second kappa shape index (κ2) is 7.95. The van der Waals surface area contributed by atoms with Gasteiger partial charge in [0.2, 0.25) is 0 Å². The van der Waals surface area contributed by atoms with Crippen molar-refractivity contribution in [1.82, 2.24) is 0 Å². The van der Waals surface area contributed by atoms with Gasteiger partial charge >= 0.3 is 52.9 Å². The van der Waals surface area contributed by atoms with Crippen molar-refractivity contribution in [3.8, 4) is 0 Å². The number of halogens is 1. The van der Waals surface area contributed by atoms with Crippen LogP contribution in [0.15, 0.2) is 0 Å². The van der Waals surface area contributed by atoms with E-state index >= 15 is 0 Å². The number of carboxylic acids is 1. The number of hydrogen-bond donors (Lipinski definition) is 1. The molecule has 1 atom stereocenters. The van der Waals surface area contributed by atoms with E-state index in [9.17, 15) is 0 Å². The minimum atomic E-state index is -0.833. The molecule has 1 N–H and O–H groups in total. The van der Waals surface area contributed by atoms with Gasteiger partial charge < -0.3 is 5.11 Å². The molecule has 0 saturated carbocycles. The predicted octanol–water partition coefficient (Wildman–Crippen LogP) is 0.987. The van der Waals surface area contributed by atoms with Gasteiger partial charge in [-0.25, -0.2) is 0 Å². The first-order chi connectivity index (χ1) is 3.46. The van der Waals surface area contributed by atoms with Crippen molar-refractivity contribution in [2.24, 2.45) is 0 Å². The summed E-state index contributed by atoms with van der Waals surface area (Å²) in [5.41, 5.74) is 0. The van der Waals surface area contributed by atoms with Gasteiger partial charge in [-0.3, -0.25) is 4.79 Å². The molecule has 2 nitrogen and oxygen atoms in total. The molecule has 4 heteroatoms. The second-order valence-corrected chi connectivity index (χ2v) is 6.79. The second-order valence-electron chi connectivity index (χ2n) is 1.53. The maximum atomic E-state index is 9.00. The third-order valence-corrected chi connectivity index (χ3v) is 0. The van der Waals surface area contributed by atoms with Crippen molar-refractivity contribution < 1.29 is 9.90 Å². The van der Waals surface area contributed by atoms with Gasteiger partial charge in [-0.1, -0.05) is 0 Å². The summed E-state index contributed by atoms with van der Waals surface area (Å²) < 4.78 is 0.785. The molecule has 1 unspecified atom stereocenters. The van der Waals surface area contributed by atoms with E-state index in [1.54, 1.807) is 0 Å². The molecule has 0 aliphatic carbocycles. The first-order valence-corrected chi connectivity index (χ1v) is 4.37. The molecule has 0 aromatic rings. The van der Waals surface area contributed by atoms with Crippen molar-refractivity contribution in [2.45, 2.75) is 15.9 Å². The van der Waals surface area contributed by atoms with Crippen molar-refractivity contribution in [1.29, 1.82) is 0 Å². The van der Waals surface area contributed by atoms with Crippen molar-refractivity contribution in [3.63, 3.8) is 0 Å². The van der Waals surface area contributed by atoms with Gasteiger partial charge in [0, 0.05) is 6.92 Å². The van der Waals surface area contributed by atoms with E-state index in [1.165, 1.54) is 27.9 Å². The van der Waals surface area contributed by atoms with Crippen molar-refractivity contribution in [3.05, 3.63) is 0 Å². The third kappa shape index (κ3) is 273. The molecule has 0 spiro atoms. The van der Waals surface area contributed by atoms with Crippen LogP contribution in [0.2, 0.25) is 0 Å². The van der Waals surface area contributed by atoms with Gasteiger partial charge in [0.15, 0.2) is 0 Å². The van der Waals surface area contributed by atoms with E-state index in [4.69, 9.17) is 9.90 Å². The quantitative estimate of drug-likeness (QED) is 0.457. The summed E-state index contributed by atoms with van der Waals surface area (Å²) in [6, 6.07) is 0. The van der Waals surface area contributed by atoms with Crippen LogP contribution in [0.4, 0.5) is 0 Å². The molecule has 0 aromatic carbocycles. The van der Waals surface area contributed by atoms with Crippen LogP contribution >= 0.6 is 15.9 Å². The first-order valence-electron chi connectivity index (χ1n) is 2.30. The van der Waals surface area contributed by atoms with Crippen LogP contribution in [0.3, 0.4) is 0 Å². The Morgan fingerprint density at radius 3 is 1.88 bits per heavy atom. The molecule has 8 heavy (non-hydrogen) atoms. The number of aliphatic carboxylic acids is 1. The molecule has 0 heterocycles. The molecule has 0 aliphatic rings. The maximum absolute atomic E-state index is 9.00. The Hall–Kier alpha value is 0.950. The Kier molecular flexibility index (Phi) is 11.6. The fraction of sp³-hybridized carbons (Fsp3) is 0.750.